The van der Waals surface area contributed by atoms with E-state index in [1.54, 1.807) is 0 Å². The van der Waals surface area contributed by atoms with Crippen LogP contribution in [0.5, 0.6) is 5.75 Å². The monoisotopic (exact) mass is 226 g/mol. The Balaban J connectivity index is 2.67. The van der Waals surface area contributed by atoms with Gasteiger partial charge in [0.15, 0.2) is 0 Å². The Kier molecular flexibility index (Phi) is 1.87. The van der Waals surface area contributed by atoms with Crippen LogP contribution in [0.25, 0.3) is 0 Å². The fourth-order valence-corrected chi connectivity index (χ4v) is 2.14. The fourth-order valence-electron chi connectivity index (χ4n) is 1.57. The molecule has 0 spiro atoms. The Morgan fingerprint density at radius 1 is 1.33 bits per heavy atom. The van der Waals surface area contributed by atoms with Crippen molar-refractivity contribution in [3.63, 3.8) is 0 Å². The maximum Gasteiger partial charge on any atom is 0.125 e. The van der Waals surface area contributed by atoms with Crippen molar-refractivity contribution in [3.8, 4) is 5.75 Å². The van der Waals surface area contributed by atoms with Crippen molar-refractivity contribution < 1.29 is 4.74 Å². The van der Waals surface area contributed by atoms with Gasteiger partial charge in [-0.05, 0) is 36.6 Å². The van der Waals surface area contributed by atoms with Gasteiger partial charge in [0.25, 0.3) is 0 Å². The second-order valence-electron chi connectivity index (χ2n) is 3.20. The number of halogens is 1. The van der Waals surface area contributed by atoms with E-state index >= 15 is 0 Å². The van der Waals surface area contributed by atoms with Gasteiger partial charge in [-0.15, -0.1) is 0 Å². The number of hydrogen-bond donors (Lipinski definition) is 0. The van der Waals surface area contributed by atoms with E-state index in [9.17, 15) is 0 Å². The Morgan fingerprint density at radius 2 is 2.08 bits per heavy atom. The molecule has 1 aromatic carbocycles. The lowest BCUT2D eigenvalue weighted by Crippen LogP contribution is -1.90. The molecule has 64 valence electrons. The Morgan fingerprint density at radius 3 is 2.83 bits per heavy atom. The van der Waals surface area contributed by atoms with E-state index in [0.29, 0.717) is 0 Å². The zero-order valence-corrected chi connectivity index (χ0v) is 8.86. The van der Waals surface area contributed by atoms with Crippen LogP contribution in [0.2, 0.25) is 0 Å². The minimum Gasteiger partial charge on any atom is -0.493 e. The van der Waals surface area contributed by atoms with Crippen LogP contribution in [-0.2, 0) is 6.42 Å². The summed E-state index contributed by atoms with van der Waals surface area (Å²) in [4.78, 5) is 0. The summed E-state index contributed by atoms with van der Waals surface area (Å²) in [5.41, 5.74) is 3.90. The normalized spacial score (nSPS) is 14.2. The molecule has 0 atom stereocenters. The topological polar surface area (TPSA) is 9.23 Å². The van der Waals surface area contributed by atoms with Crippen LogP contribution >= 0.6 is 15.9 Å². The maximum absolute atomic E-state index is 5.54. The minimum atomic E-state index is 0.839. The SMILES string of the molecule is Cc1c(Br)cc2c(c1C)OCC2. The van der Waals surface area contributed by atoms with Gasteiger partial charge in [0, 0.05) is 10.9 Å². The van der Waals surface area contributed by atoms with Gasteiger partial charge in [-0.1, -0.05) is 15.9 Å². The standard InChI is InChI=1S/C10H11BrO/c1-6-7(2)10-8(3-4-12-10)5-9(6)11/h5H,3-4H2,1-2H3. The highest BCUT2D eigenvalue weighted by atomic mass is 79.9. The van der Waals surface area contributed by atoms with E-state index in [1.165, 1.54) is 21.2 Å². The molecule has 0 aromatic heterocycles. The Labute approximate surface area is 80.9 Å². The lowest BCUT2D eigenvalue weighted by molar-refractivity contribution is 0.354. The molecule has 1 aliphatic heterocycles. The molecule has 1 aliphatic rings. The molecule has 0 saturated carbocycles. The molecule has 1 nitrogen and oxygen atoms in total. The van der Waals surface area contributed by atoms with Crippen LogP contribution in [0.15, 0.2) is 10.5 Å². The lowest BCUT2D eigenvalue weighted by atomic mass is 10.0. The molecule has 2 rings (SSSR count). The van der Waals surface area contributed by atoms with Crippen LogP contribution < -0.4 is 4.74 Å². The average Bonchev–Trinajstić information content (AvgIpc) is 2.48. The van der Waals surface area contributed by atoms with E-state index in [4.69, 9.17) is 4.74 Å². The van der Waals surface area contributed by atoms with Gasteiger partial charge in [0.05, 0.1) is 6.61 Å². The van der Waals surface area contributed by atoms with Crippen molar-refractivity contribution in [1.29, 1.82) is 0 Å². The summed E-state index contributed by atoms with van der Waals surface area (Å²) in [6.45, 7) is 5.07. The predicted molar refractivity (Wildman–Crippen MR) is 52.8 cm³/mol. The molecule has 0 N–H and O–H groups in total. The third-order valence-electron chi connectivity index (χ3n) is 2.47. The number of rotatable bonds is 0. The van der Waals surface area contributed by atoms with Crippen LogP contribution in [0.4, 0.5) is 0 Å². The summed E-state index contributed by atoms with van der Waals surface area (Å²) in [7, 11) is 0. The van der Waals surface area contributed by atoms with Crippen molar-refractivity contribution in [3.05, 3.63) is 27.2 Å². The summed E-state index contributed by atoms with van der Waals surface area (Å²) < 4.78 is 6.74. The van der Waals surface area contributed by atoms with E-state index in [2.05, 4.69) is 35.8 Å². The molecular weight excluding hydrogens is 216 g/mol. The highest BCUT2D eigenvalue weighted by molar-refractivity contribution is 9.10. The smallest absolute Gasteiger partial charge is 0.125 e. The van der Waals surface area contributed by atoms with Crippen LogP contribution in [0.3, 0.4) is 0 Å². The van der Waals surface area contributed by atoms with E-state index in [0.717, 1.165) is 18.8 Å². The van der Waals surface area contributed by atoms with Gasteiger partial charge in [0.1, 0.15) is 5.75 Å². The zero-order valence-electron chi connectivity index (χ0n) is 7.28. The third kappa shape index (κ3) is 1.06. The van der Waals surface area contributed by atoms with Gasteiger partial charge in [-0.2, -0.15) is 0 Å². The van der Waals surface area contributed by atoms with E-state index in [1.807, 2.05) is 0 Å². The molecule has 12 heavy (non-hydrogen) atoms. The molecule has 2 heteroatoms. The summed E-state index contributed by atoms with van der Waals surface area (Å²) >= 11 is 3.54. The maximum atomic E-state index is 5.54. The van der Waals surface area contributed by atoms with Gasteiger partial charge < -0.3 is 4.74 Å². The molecule has 0 bridgehead atoms. The largest absolute Gasteiger partial charge is 0.493 e. The Hall–Kier alpha value is -0.500. The number of benzene rings is 1. The zero-order chi connectivity index (χ0) is 8.72. The van der Waals surface area contributed by atoms with Crippen molar-refractivity contribution in [2.24, 2.45) is 0 Å². The van der Waals surface area contributed by atoms with Crippen molar-refractivity contribution in [2.45, 2.75) is 20.3 Å². The molecule has 0 amide bonds. The van der Waals surface area contributed by atoms with Gasteiger partial charge in [0.2, 0.25) is 0 Å². The van der Waals surface area contributed by atoms with E-state index in [-0.39, 0.29) is 0 Å². The van der Waals surface area contributed by atoms with Crippen LogP contribution in [0.1, 0.15) is 16.7 Å². The third-order valence-corrected chi connectivity index (χ3v) is 3.30. The summed E-state index contributed by atoms with van der Waals surface area (Å²) in [6, 6.07) is 2.17. The first-order valence-corrected chi connectivity index (χ1v) is 4.91. The highest BCUT2D eigenvalue weighted by Crippen LogP contribution is 2.35. The first-order chi connectivity index (χ1) is 5.70. The van der Waals surface area contributed by atoms with Gasteiger partial charge >= 0.3 is 0 Å². The molecule has 0 fully saturated rings. The van der Waals surface area contributed by atoms with Gasteiger partial charge in [-0.3, -0.25) is 0 Å². The molecule has 0 saturated heterocycles. The molecule has 0 aliphatic carbocycles. The summed E-state index contributed by atoms with van der Waals surface area (Å²) in [6.07, 6.45) is 1.05. The average molecular weight is 227 g/mol. The summed E-state index contributed by atoms with van der Waals surface area (Å²) in [5.74, 6) is 1.11. The summed E-state index contributed by atoms with van der Waals surface area (Å²) in [5, 5.41) is 0. The Bertz CT molecular complexity index is 331. The minimum absolute atomic E-state index is 0.839. The molecule has 0 radical (unpaired) electrons. The second-order valence-corrected chi connectivity index (χ2v) is 4.05. The van der Waals surface area contributed by atoms with Crippen molar-refractivity contribution >= 4 is 15.9 Å². The molecule has 1 aromatic rings. The fraction of sp³-hybridized carbons (Fsp3) is 0.400. The van der Waals surface area contributed by atoms with Crippen LogP contribution in [0, 0.1) is 13.8 Å². The van der Waals surface area contributed by atoms with E-state index < -0.39 is 0 Å². The molecule has 0 unspecified atom stereocenters. The number of ether oxygens (including phenoxy) is 1. The van der Waals surface area contributed by atoms with Crippen LogP contribution in [-0.4, -0.2) is 6.61 Å². The molecular formula is C10H11BrO. The van der Waals surface area contributed by atoms with Crippen molar-refractivity contribution in [2.75, 3.05) is 6.61 Å². The lowest BCUT2D eigenvalue weighted by Gasteiger charge is -2.08. The number of fused-ring (bicyclic) bond motifs is 1. The number of hydrogen-bond acceptors (Lipinski definition) is 1. The first kappa shape index (κ1) is 8.11. The first-order valence-electron chi connectivity index (χ1n) is 4.11. The van der Waals surface area contributed by atoms with Crippen molar-refractivity contribution in [1.82, 2.24) is 0 Å². The molecule has 1 heterocycles. The van der Waals surface area contributed by atoms with Gasteiger partial charge in [-0.25, -0.2) is 0 Å². The quantitative estimate of drug-likeness (QED) is 0.661. The predicted octanol–water partition coefficient (Wildman–Crippen LogP) is 3.00. The second kappa shape index (κ2) is 2.77. The highest BCUT2D eigenvalue weighted by Gasteiger charge is 2.17.